The highest BCUT2D eigenvalue weighted by molar-refractivity contribution is 5.40. The fourth-order valence-electron chi connectivity index (χ4n) is 1.35. The Morgan fingerprint density at radius 3 is 2.77 bits per heavy atom. The van der Waals surface area contributed by atoms with Gasteiger partial charge in [0.15, 0.2) is 0 Å². The Morgan fingerprint density at radius 2 is 2.15 bits per heavy atom. The Labute approximate surface area is 76.0 Å². The predicted molar refractivity (Wildman–Crippen MR) is 49.2 cm³/mol. The van der Waals surface area contributed by atoms with Gasteiger partial charge in [-0.25, -0.2) is 4.98 Å². The molecule has 0 spiro atoms. The lowest BCUT2D eigenvalue weighted by Crippen LogP contribution is -1.92. The maximum Gasteiger partial charge on any atom is 0.221 e. The molecule has 0 saturated heterocycles. The Morgan fingerprint density at radius 1 is 1.38 bits per heavy atom. The smallest absolute Gasteiger partial charge is 0.221 e. The molecule has 0 aliphatic heterocycles. The van der Waals surface area contributed by atoms with E-state index in [1.807, 2.05) is 19.9 Å². The van der Waals surface area contributed by atoms with Crippen molar-refractivity contribution < 1.29 is 4.39 Å². The minimum Gasteiger partial charge on any atom is -0.276 e. The summed E-state index contributed by atoms with van der Waals surface area (Å²) in [5.41, 5.74) is 1.20. The number of rotatable bonds is 1. The van der Waals surface area contributed by atoms with Gasteiger partial charge in [0.05, 0.1) is 5.69 Å². The quantitative estimate of drug-likeness (QED) is 0.656. The number of nitrogens with zero attached hydrogens (tertiary/aromatic N) is 2. The van der Waals surface area contributed by atoms with Crippen LogP contribution in [0.25, 0.3) is 5.65 Å². The molecule has 0 N–H and O–H groups in total. The van der Waals surface area contributed by atoms with E-state index in [1.165, 1.54) is 4.40 Å². The highest BCUT2D eigenvalue weighted by atomic mass is 19.1. The molecule has 2 rings (SSSR count). The molecule has 68 valence electrons. The molecule has 0 bridgehead atoms. The Kier molecular flexibility index (Phi) is 1.79. The molecule has 0 aromatic carbocycles. The van der Waals surface area contributed by atoms with Crippen molar-refractivity contribution in [3.05, 3.63) is 36.0 Å². The summed E-state index contributed by atoms with van der Waals surface area (Å²) in [5.74, 6) is -0.120. The van der Waals surface area contributed by atoms with Crippen molar-refractivity contribution in [2.45, 2.75) is 19.8 Å². The minimum atomic E-state index is -0.245. The number of hydrogen-bond acceptors (Lipinski definition) is 1. The van der Waals surface area contributed by atoms with Gasteiger partial charge in [-0.3, -0.25) is 4.40 Å². The molecule has 0 fully saturated rings. The van der Waals surface area contributed by atoms with E-state index >= 15 is 0 Å². The highest BCUT2D eigenvalue weighted by Gasteiger charge is 2.13. The normalized spacial score (nSPS) is 11.4. The summed E-state index contributed by atoms with van der Waals surface area (Å²) in [7, 11) is 0. The van der Waals surface area contributed by atoms with Gasteiger partial charge in [-0.2, -0.15) is 4.39 Å². The van der Waals surface area contributed by atoms with Gasteiger partial charge >= 0.3 is 0 Å². The van der Waals surface area contributed by atoms with Crippen molar-refractivity contribution in [1.82, 2.24) is 9.38 Å². The molecule has 2 nitrogen and oxygen atoms in total. The first kappa shape index (κ1) is 8.23. The van der Waals surface area contributed by atoms with Crippen molar-refractivity contribution >= 4 is 5.65 Å². The summed E-state index contributed by atoms with van der Waals surface area (Å²) < 4.78 is 15.0. The lowest BCUT2D eigenvalue weighted by atomic mass is 10.1. The number of fused-ring (bicyclic) bond motifs is 1. The van der Waals surface area contributed by atoms with Crippen LogP contribution < -0.4 is 0 Å². The first-order valence-corrected chi connectivity index (χ1v) is 4.32. The molecule has 13 heavy (non-hydrogen) atoms. The van der Waals surface area contributed by atoms with E-state index in [9.17, 15) is 4.39 Å². The lowest BCUT2D eigenvalue weighted by Gasteiger charge is -1.97. The molecule has 2 heterocycles. The van der Waals surface area contributed by atoms with Gasteiger partial charge in [0.1, 0.15) is 5.65 Å². The molecule has 0 aliphatic rings. The maximum absolute atomic E-state index is 13.6. The standard InChI is InChI=1S/C10H11FN2/c1-7(2)9-10(11)13-6-4-3-5-8(13)12-9/h3-7H,1-2H3. The van der Waals surface area contributed by atoms with Crippen molar-refractivity contribution in [3.63, 3.8) is 0 Å². The van der Waals surface area contributed by atoms with Crippen molar-refractivity contribution in [3.8, 4) is 0 Å². The van der Waals surface area contributed by atoms with Crippen LogP contribution in [0.1, 0.15) is 25.5 Å². The SMILES string of the molecule is CC(C)c1nc2ccccn2c1F. The third-order valence-corrected chi connectivity index (χ3v) is 2.04. The second-order valence-electron chi connectivity index (χ2n) is 3.37. The Bertz CT molecular complexity index is 431. The van der Waals surface area contributed by atoms with E-state index in [-0.39, 0.29) is 11.9 Å². The van der Waals surface area contributed by atoms with Crippen molar-refractivity contribution in [2.75, 3.05) is 0 Å². The van der Waals surface area contributed by atoms with Gasteiger partial charge in [-0.1, -0.05) is 19.9 Å². The van der Waals surface area contributed by atoms with Crippen LogP contribution in [0.3, 0.4) is 0 Å². The van der Waals surface area contributed by atoms with Crippen LogP contribution in [0.15, 0.2) is 24.4 Å². The van der Waals surface area contributed by atoms with Gasteiger partial charge in [0, 0.05) is 12.1 Å². The summed E-state index contributed by atoms with van der Waals surface area (Å²) in [6, 6.07) is 5.45. The summed E-state index contributed by atoms with van der Waals surface area (Å²) in [4.78, 5) is 4.20. The summed E-state index contributed by atoms with van der Waals surface area (Å²) in [6.45, 7) is 3.87. The average molecular weight is 178 g/mol. The highest BCUT2D eigenvalue weighted by Crippen LogP contribution is 2.18. The number of aromatic nitrogens is 2. The van der Waals surface area contributed by atoms with E-state index < -0.39 is 0 Å². The maximum atomic E-state index is 13.6. The first-order chi connectivity index (χ1) is 6.20. The van der Waals surface area contributed by atoms with Crippen LogP contribution >= 0.6 is 0 Å². The van der Waals surface area contributed by atoms with E-state index in [4.69, 9.17) is 0 Å². The zero-order valence-electron chi connectivity index (χ0n) is 7.66. The number of hydrogen-bond donors (Lipinski definition) is 0. The van der Waals surface area contributed by atoms with Gasteiger partial charge in [-0.15, -0.1) is 0 Å². The van der Waals surface area contributed by atoms with E-state index in [2.05, 4.69) is 4.98 Å². The van der Waals surface area contributed by atoms with Crippen LogP contribution in [0.4, 0.5) is 4.39 Å². The van der Waals surface area contributed by atoms with Crippen LogP contribution in [0.5, 0.6) is 0 Å². The molecular formula is C10H11FN2. The third-order valence-electron chi connectivity index (χ3n) is 2.04. The van der Waals surface area contributed by atoms with Crippen LogP contribution in [-0.4, -0.2) is 9.38 Å². The lowest BCUT2D eigenvalue weighted by molar-refractivity contribution is 0.547. The fraction of sp³-hybridized carbons (Fsp3) is 0.300. The third kappa shape index (κ3) is 1.20. The van der Waals surface area contributed by atoms with Gasteiger partial charge in [0.25, 0.3) is 0 Å². The minimum absolute atomic E-state index is 0.125. The Balaban J connectivity index is 2.74. The van der Waals surface area contributed by atoms with Crippen molar-refractivity contribution in [2.24, 2.45) is 0 Å². The fourth-order valence-corrected chi connectivity index (χ4v) is 1.35. The molecule has 0 radical (unpaired) electrons. The van der Waals surface area contributed by atoms with Crippen LogP contribution in [0, 0.1) is 5.95 Å². The molecular weight excluding hydrogens is 167 g/mol. The summed E-state index contributed by atoms with van der Waals surface area (Å²) in [6.07, 6.45) is 1.68. The molecule has 0 unspecified atom stereocenters. The predicted octanol–water partition coefficient (Wildman–Crippen LogP) is 2.60. The topological polar surface area (TPSA) is 17.3 Å². The molecule has 0 aliphatic carbocycles. The summed E-state index contributed by atoms with van der Waals surface area (Å²) in [5, 5.41) is 0. The number of halogens is 1. The van der Waals surface area contributed by atoms with Crippen LogP contribution in [-0.2, 0) is 0 Å². The van der Waals surface area contributed by atoms with Gasteiger partial charge in [0.2, 0.25) is 5.95 Å². The molecule has 2 aromatic heterocycles. The largest absolute Gasteiger partial charge is 0.276 e. The molecule has 2 aromatic rings. The zero-order chi connectivity index (χ0) is 9.42. The van der Waals surface area contributed by atoms with E-state index in [0.717, 1.165) is 0 Å². The van der Waals surface area contributed by atoms with E-state index in [0.29, 0.717) is 11.3 Å². The molecule has 0 amide bonds. The van der Waals surface area contributed by atoms with Crippen LogP contribution in [0.2, 0.25) is 0 Å². The number of imidazole rings is 1. The molecule has 3 heteroatoms. The monoisotopic (exact) mass is 178 g/mol. The Hall–Kier alpha value is -1.38. The summed E-state index contributed by atoms with van der Waals surface area (Å²) >= 11 is 0. The van der Waals surface area contributed by atoms with Gasteiger partial charge < -0.3 is 0 Å². The second kappa shape index (κ2) is 2.83. The van der Waals surface area contributed by atoms with Crippen molar-refractivity contribution in [1.29, 1.82) is 0 Å². The second-order valence-corrected chi connectivity index (χ2v) is 3.37. The first-order valence-electron chi connectivity index (χ1n) is 4.32. The zero-order valence-corrected chi connectivity index (χ0v) is 7.66. The molecule has 0 saturated carbocycles. The number of pyridine rings is 1. The van der Waals surface area contributed by atoms with E-state index in [1.54, 1.807) is 18.3 Å². The molecule has 0 atom stereocenters. The van der Waals surface area contributed by atoms with Gasteiger partial charge in [-0.05, 0) is 12.1 Å². The average Bonchev–Trinajstić information content (AvgIpc) is 2.45.